The number of thiophene rings is 1. The first-order chi connectivity index (χ1) is 9.35. The molecule has 0 aliphatic heterocycles. The summed E-state index contributed by atoms with van der Waals surface area (Å²) in [4.78, 5) is 7.44. The smallest absolute Gasteiger partial charge is 0.0984 e. The highest BCUT2D eigenvalue weighted by Gasteiger charge is 2.21. The van der Waals surface area contributed by atoms with Crippen LogP contribution in [0.4, 0.5) is 0 Å². The molecule has 0 aromatic carbocycles. The largest absolute Gasteiger partial charge is 0.378 e. The first kappa shape index (κ1) is 13.2. The zero-order valence-corrected chi connectivity index (χ0v) is 12.6. The average Bonchev–Trinajstić information content (AvgIpc) is 2.95. The normalized spacial score (nSPS) is 15.0. The summed E-state index contributed by atoms with van der Waals surface area (Å²) in [6, 6.07) is 5.00. The van der Waals surface area contributed by atoms with Gasteiger partial charge in [0.1, 0.15) is 0 Å². The van der Waals surface area contributed by atoms with E-state index in [-0.39, 0.29) is 0 Å². The SMILES string of the molecule is COCc1nc(Cc2cccs2)sc1CNC1CC1. The Labute approximate surface area is 121 Å². The molecule has 0 unspecified atom stereocenters. The lowest BCUT2D eigenvalue weighted by Crippen LogP contribution is -2.15. The van der Waals surface area contributed by atoms with Crippen molar-refractivity contribution in [1.29, 1.82) is 0 Å². The summed E-state index contributed by atoms with van der Waals surface area (Å²) in [7, 11) is 1.73. The van der Waals surface area contributed by atoms with Crippen molar-refractivity contribution in [2.75, 3.05) is 7.11 Å². The molecule has 0 amide bonds. The lowest BCUT2D eigenvalue weighted by Gasteiger charge is -2.02. The van der Waals surface area contributed by atoms with Gasteiger partial charge < -0.3 is 10.1 Å². The molecule has 0 radical (unpaired) electrons. The molecule has 3 nitrogen and oxygen atoms in total. The van der Waals surface area contributed by atoms with Gasteiger partial charge in [-0.15, -0.1) is 22.7 Å². The minimum atomic E-state index is 0.614. The predicted octanol–water partition coefficient (Wildman–Crippen LogP) is 3.19. The Morgan fingerprint density at radius 2 is 2.37 bits per heavy atom. The van der Waals surface area contributed by atoms with Crippen molar-refractivity contribution >= 4 is 22.7 Å². The maximum absolute atomic E-state index is 5.26. The summed E-state index contributed by atoms with van der Waals surface area (Å²) in [6.45, 7) is 1.55. The Bertz CT molecular complexity index is 518. The van der Waals surface area contributed by atoms with E-state index in [1.165, 1.54) is 27.6 Å². The molecule has 5 heteroatoms. The molecule has 0 saturated heterocycles. The molecule has 0 atom stereocenters. The van der Waals surface area contributed by atoms with E-state index >= 15 is 0 Å². The van der Waals surface area contributed by atoms with Crippen LogP contribution in [0.25, 0.3) is 0 Å². The van der Waals surface area contributed by atoms with Crippen LogP contribution in [-0.4, -0.2) is 18.1 Å². The first-order valence-corrected chi connectivity index (χ1v) is 8.27. The van der Waals surface area contributed by atoms with Crippen LogP contribution in [0.1, 0.15) is 33.3 Å². The number of aromatic nitrogens is 1. The third kappa shape index (κ3) is 3.63. The second kappa shape index (κ2) is 6.13. The lowest BCUT2D eigenvalue weighted by molar-refractivity contribution is 0.181. The third-order valence-corrected chi connectivity index (χ3v) is 5.11. The second-order valence-electron chi connectivity index (χ2n) is 4.82. The molecule has 1 aliphatic rings. The molecule has 0 bridgehead atoms. The summed E-state index contributed by atoms with van der Waals surface area (Å²) in [6.07, 6.45) is 3.59. The Hall–Kier alpha value is -0.750. The first-order valence-electron chi connectivity index (χ1n) is 6.57. The Morgan fingerprint density at radius 3 is 3.05 bits per heavy atom. The minimum Gasteiger partial charge on any atom is -0.378 e. The van der Waals surface area contributed by atoms with Gasteiger partial charge in [0, 0.05) is 35.9 Å². The van der Waals surface area contributed by atoms with Crippen LogP contribution in [-0.2, 0) is 24.3 Å². The van der Waals surface area contributed by atoms with Gasteiger partial charge in [-0.1, -0.05) is 6.07 Å². The third-order valence-electron chi connectivity index (χ3n) is 3.14. The van der Waals surface area contributed by atoms with Crippen LogP contribution in [0.15, 0.2) is 17.5 Å². The van der Waals surface area contributed by atoms with Crippen molar-refractivity contribution < 1.29 is 4.74 Å². The van der Waals surface area contributed by atoms with Gasteiger partial charge in [0.05, 0.1) is 17.3 Å². The number of nitrogens with one attached hydrogen (secondary N) is 1. The molecular weight excluding hydrogens is 276 g/mol. The van der Waals surface area contributed by atoms with Gasteiger partial charge in [-0.05, 0) is 24.3 Å². The highest BCUT2D eigenvalue weighted by molar-refractivity contribution is 7.12. The quantitative estimate of drug-likeness (QED) is 0.851. The van der Waals surface area contributed by atoms with Gasteiger partial charge in [-0.3, -0.25) is 0 Å². The summed E-state index contributed by atoms with van der Waals surface area (Å²) >= 11 is 3.61. The molecule has 1 fully saturated rings. The highest BCUT2D eigenvalue weighted by atomic mass is 32.1. The van der Waals surface area contributed by atoms with Crippen molar-refractivity contribution in [1.82, 2.24) is 10.3 Å². The van der Waals surface area contributed by atoms with Gasteiger partial charge in [0.15, 0.2) is 0 Å². The monoisotopic (exact) mass is 294 g/mol. The molecule has 2 aromatic heterocycles. The zero-order valence-electron chi connectivity index (χ0n) is 11.0. The molecule has 1 saturated carbocycles. The van der Waals surface area contributed by atoms with Crippen LogP contribution < -0.4 is 5.32 Å². The standard InChI is InChI=1S/C14H18N2OS2/c1-17-9-12-13(8-15-10-4-5-10)19-14(16-12)7-11-3-2-6-18-11/h2-3,6,10,15H,4-5,7-9H2,1H3. The fraction of sp³-hybridized carbons (Fsp3) is 0.500. The van der Waals surface area contributed by atoms with Crippen LogP contribution in [0.3, 0.4) is 0 Å². The molecule has 2 heterocycles. The van der Waals surface area contributed by atoms with E-state index in [1.54, 1.807) is 18.4 Å². The van der Waals surface area contributed by atoms with Gasteiger partial charge in [-0.2, -0.15) is 0 Å². The zero-order chi connectivity index (χ0) is 13.1. The van der Waals surface area contributed by atoms with E-state index in [9.17, 15) is 0 Å². The van der Waals surface area contributed by atoms with Crippen molar-refractivity contribution in [2.24, 2.45) is 0 Å². The maximum atomic E-state index is 5.26. The fourth-order valence-corrected chi connectivity index (χ4v) is 3.83. The summed E-state index contributed by atoms with van der Waals surface area (Å²) < 4.78 is 5.26. The number of ether oxygens (including phenoxy) is 1. The van der Waals surface area contributed by atoms with Gasteiger partial charge in [-0.25, -0.2) is 4.98 Å². The lowest BCUT2D eigenvalue weighted by atomic mass is 10.3. The Kier molecular flexibility index (Phi) is 4.28. The molecule has 3 rings (SSSR count). The summed E-state index contributed by atoms with van der Waals surface area (Å²) in [5, 5.41) is 6.88. The number of rotatable bonds is 7. The highest BCUT2D eigenvalue weighted by Crippen LogP contribution is 2.25. The summed E-state index contributed by atoms with van der Waals surface area (Å²) in [5.41, 5.74) is 1.10. The molecule has 102 valence electrons. The molecule has 2 aromatic rings. The topological polar surface area (TPSA) is 34.1 Å². The van der Waals surface area contributed by atoms with Crippen molar-refractivity contribution in [3.05, 3.63) is 38.0 Å². The molecular formula is C14H18N2OS2. The predicted molar refractivity (Wildman–Crippen MR) is 79.8 cm³/mol. The van der Waals surface area contributed by atoms with Crippen molar-refractivity contribution in [3.8, 4) is 0 Å². The number of methoxy groups -OCH3 is 1. The van der Waals surface area contributed by atoms with E-state index in [0.29, 0.717) is 6.61 Å². The molecule has 1 N–H and O–H groups in total. The second-order valence-corrected chi connectivity index (χ2v) is 7.02. The maximum Gasteiger partial charge on any atom is 0.0984 e. The molecule has 0 spiro atoms. The van der Waals surface area contributed by atoms with Gasteiger partial charge >= 0.3 is 0 Å². The average molecular weight is 294 g/mol. The van der Waals surface area contributed by atoms with Crippen molar-refractivity contribution in [2.45, 2.75) is 38.5 Å². The molecule has 19 heavy (non-hydrogen) atoms. The Balaban J connectivity index is 1.70. The van der Waals surface area contributed by atoms with Gasteiger partial charge in [0.25, 0.3) is 0 Å². The van der Waals surface area contributed by atoms with Crippen LogP contribution in [0.2, 0.25) is 0 Å². The fourth-order valence-electron chi connectivity index (χ4n) is 1.99. The van der Waals surface area contributed by atoms with E-state index in [4.69, 9.17) is 9.72 Å². The van der Waals surface area contributed by atoms with E-state index in [1.807, 2.05) is 11.3 Å². The van der Waals surface area contributed by atoms with E-state index in [2.05, 4.69) is 22.8 Å². The van der Waals surface area contributed by atoms with Crippen molar-refractivity contribution in [3.63, 3.8) is 0 Å². The van der Waals surface area contributed by atoms with E-state index in [0.717, 1.165) is 24.7 Å². The van der Waals surface area contributed by atoms with E-state index < -0.39 is 0 Å². The van der Waals surface area contributed by atoms with Crippen LogP contribution in [0.5, 0.6) is 0 Å². The van der Waals surface area contributed by atoms with Gasteiger partial charge in [0.2, 0.25) is 0 Å². The van der Waals surface area contributed by atoms with Crippen LogP contribution in [0, 0.1) is 0 Å². The molecule has 1 aliphatic carbocycles. The summed E-state index contributed by atoms with van der Waals surface area (Å²) in [5.74, 6) is 0. The number of thiazole rings is 1. The van der Waals surface area contributed by atoms with Crippen LogP contribution >= 0.6 is 22.7 Å². The number of nitrogens with zero attached hydrogens (tertiary/aromatic N) is 1. The minimum absolute atomic E-state index is 0.614. The number of hydrogen-bond donors (Lipinski definition) is 1. The Morgan fingerprint density at radius 1 is 1.47 bits per heavy atom. The number of hydrogen-bond acceptors (Lipinski definition) is 5.